The van der Waals surface area contributed by atoms with Crippen LogP contribution in [0.2, 0.25) is 0 Å². The minimum absolute atomic E-state index is 0.0269. The number of hydrogen-bond donors (Lipinski definition) is 0. The Morgan fingerprint density at radius 1 is 1.12 bits per heavy atom. The third-order valence-corrected chi connectivity index (χ3v) is 9.62. The van der Waals surface area contributed by atoms with Crippen LogP contribution in [0.1, 0.15) is 49.9 Å². The Labute approximate surface area is 256 Å². The largest absolute Gasteiger partial charge is 0.460 e. The molecule has 3 aromatic rings. The molecule has 6 rings (SSSR count). The summed E-state index contributed by atoms with van der Waals surface area (Å²) in [5.41, 5.74) is 4.98. The number of ether oxygens (including phenoxy) is 1. The fourth-order valence-electron chi connectivity index (χ4n) is 7.18. The number of rotatable bonds is 9. The molecule has 2 atom stereocenters. The molecule has 0 bridgehead atoms. The van der Waals surface area contributed by atoms with Crippen molar-refractivity contribution in [3.05, 3.63) is 65.5 Å². The van der Waals surface area contributed by atoms with Crippen molar-refractivity contribution in [3.8, 4) is 12.1 Å². The van der Waals surface area contributed by atoms with Crippen LogP contribution in [0.4, 0.5) is 11.5 Å². The Morgan fingerprint density at radius 3 is 2.63 bits per heavy atom. The lowest BCUT2D eigenvalue weighted by molar-refractivity contribution is 0.102. The van der Waals surface area contributed by atoms with Gasteiger partial charge in [-0.2, -0.15) is 15.2 Å². The second-order valence-corrected chi connectivity index (χ2v) is 12.9. The standard InChI is InChI=1S/C35H45N7O/c1-6-18-40-20-21-42(22-28(40)13-17-36)33-29-14-19-41(31-12-8-11-27-10-7-9-25(2)32(27)31)23-30(29)37-34(38-33)43-26(3)35(15-16-35)24-39(4)5/h6-12,18,26,28H,13-16,19-24H2,1-5H3. The van der Waals surface area contributed by atoms with Crippen molar-refractivity contribution in [2.45, 2.75) is 65.1 Å². The van der Waals surface area contributed by atoms with Gasteiger partial charge in [-0.3, -0.25) is 0 Å². The van der Waals surface area contributed by atoms with E-state index in [-0.39, 0.29) is 17.6 Å². The van der Waals surface area contributed by atoms with Gasteiger partial charge in [0.05, 0.1) is 30.8 Å². The number of hydrogen-bond acceptors (Lipinski definition) is 8. The number of nitriles is 1. The van der Waals surface area contributed by atoms with Crippen LogP contribution >= 0.6 is 0 Å². The second kappa shape index (κ2) is 12.0. The fraction of sp³-hybridized carbons (Fsp3) is 0.514. The molecular formula is C35H45N7O. The van der Waals surface area contributed by atoms with E-state index in [2.05, 4.69) is 102 Å². The van der Waals surface area contributed by atoms with Crippen molar-refractivity contribution >= 4 is 22.3 Å². The maximum atomic E-state index is 9.60. The molecule has 226 valence electrons. The first-order valence-electron chi connectivity index (χ1n) is 15.8. The zero-order valence-electron chi connectivity index (χ0n) is 26.4. The van der Waals surface area contributed by atoms with Gasteiger partial charge in [0.2, 0.25) is 0 Å². The molecular weight excluding hydrogens is 534 g/mol. The van der Waals surface area contributed by atoms with E-state index in [1.807, 2.05) is 6.92 Å². The van der Waals surface area contributed by atoms with Gasteiger partial charge in [0.15, 0.2) is 0 Å². The first kappa shape index (κ1) is 29.3. The molecule has 8 heteroatoms. The molecule has 43 heavy (non-hydrogen) atoms. The predicted molar refractivity (Wildman–Crippen MR) is 174 cm³/mol. The summed E-state index contributed by atoms with van der Waals surface area (Å²) in [5, 5.41) is 12.2. The van der Waals surface area contributed by atoms with Crippen LogP contribution in [0.15, 0.2) is 48.7 Å². The average molecular weight is 580 g/mol. The molecule has 1 saturated heterocycles. The van der Waals surface area contributed by atoms with Crippen LogP contribution in [-0.4, -0.2) is 78.7 Å². The zero-order chi connectivity index (χ0) is 30.1. The smallest absolute Gasteiger partial charge is 0.318 e. The van der Waals surface area contributed by atoms with Crippen LogP contribution in [0.3, 0.4) is 0 Å². The first-order chi connectivity index (χ1) is 20.8. The highest BCUT2D eigenvalue weighted by molar-refractivity contribution is 5.97. The Balaban J connectivity index is 1.36. The third kappa shape index (κ3) is 5.88. The Hall–Kier alpha value is -3.83. The van der Waals surface area contributed by atoms with Gasteiger partial charge in [0.1, 0.15) is 11.9 Å². The van der Waals surface area contributed by atoms with Crippen molar-refractivity contribution in [2.24, 2.45) is 5.41 Å². The molecule has 2 aliphatic heterocycles. The van der Waals surface area contributed by atoms with Gasteiger partial charge in [-0.15, -0.1) is 0 Å². The van der Waals surface area contributed by atoms with E-state index in [4.69, 9.17) is 14.7 Å². The van der Waals surface area contributed by atoms with Crippen molar-refractivity contribution in [3.63, 3.8) is 0 Å². The molecule has 1 aromatic heterocycles. The van der Waals surface area contributed by atoms with E-state index in [9.17, 15) is 5.26 Å². The maximum Gasteiger partial charge on any atom is 0.318 e. The topological polar surface area (TPSA) is 71.8 Å². The summed E-state index contributed by atoms with van der Waals surface area (Å²) in [6, 6.07) is 16.1. The van der Waals surface area contributed by atoms with E-state index < -0.39 is 0 Å². The average Bonchev–Trinajstić information content (AvgIpc) is 3.77. The van der Waals surface area contributed by atoms with Gasteiger partial charge in [-0.25, -0.2) is 0 Å². The molecule has 0 amide bonds. The Morgan fingerprint density at radius 2 is 1.91 bits per heavy atom. The lowest BCUT2D eigenvalue weighted by atomic mass is 9.99. The van der Waals surface area contributed by atoms with Crippen molar-refractivity contribution in [1.29, 1.82) is 5.26 Å². The predicted octanol–water partition coefficient (Wildman–Crippen LogP) is 5.55. The third-order valence-electron chi connectivity index (χ3n) is 9.62. The minimum atomic E-state index is 0.0269. The number of piperazine rings is 1. The number of nitrogens with zero attached hydrogens (tertiary/aromatic N) is 7. The number of benzene rings is 2. The van der Waals surface area contributed by atoms with Gasteiger partial charge in [-0.1, -0.05) is 36.4 Å². The summed E-state index contributed by atoms with van der Waals surface area (Å²) in [4.78, 5) is 19.7. The zero-order valence-corrected chi connectivity index (χ0v) is 26.4. The summed E-state index contributed by atoms with van der Waals surface area (Å²) in [7, 11) is 4.27. The van der Waals surface area contributed by atoms with E-state index in [1.165, 1.54) is 40.4 Å². The maximum absolute atomic E-state index is 9.60. The molecule has 1 aliphatic carbocycles. The first-order valence-corrected chi connectivity index (χ1v) is 15.8. The van der Waals surface area contributed by atoms with Gasteiger partial charge < -0.3 is 24.3 Å². The SMILES string of the molecule is CC=CN1CCN(c2nc(OC(C)C3(CN(C)C)CC3)nc3c2CCN(c2cccc4cccc(C)c24)C3)CC1CC#N. The number of fused-ring (bicyclic) bond motifs is 2. The van der Waals surface area contributed by atoms with E-state index >= 15 is 0 Å². The molecule has 3 heterocycles. The monoisotopic (exact) mass is 579 g/mol. The lowest BCUT2D eigenvalue weighted by Gasteiger charge is -2.42. The van der Waals surface area contributed by atoms with Crippen molar-refractivity contribution in [2.75, 3.05) is 56.6 Å². The summed E-state index contributed by atoms with van der Waals surface area (Å²) in [6.45, 7) is 11.5. The molecule has 2 aromatic carbocycles. The van der Waals surface area contributed by atoms with E-state index in [0.29, 0.717) is 19.0 Å². The molecule has 1 saturated carbocycles. The lowest BCUT2D eigenvalue weighted by Crippen LogP contribution is -2.51. The molecule has 8 nitrogen and oxygen atoms in total. The number of allylic oxidation sites excluding steroid dienone is 1. The summed E-state index contributed by atoms with van der Waals surface area (Å²) in [5.74, 6) is 0.987. The highest BCUT2D eigenvalue weighted by Gasteiger charge is 2.49. The van der Waals surface area contributed by atoms with Gasteiger partial charge in [-0.05, 0) is 77.3 Å². The minimum Gasteiger partial charge on any atom is -0.460 e. The van der Waals surface area contributed by atoms with Crippen molar-refractivity contribution < 1.29 is 4.74 Å². The summed E-state index contributed by atoms with van der Waals surface area (Å²) in [6.07, 6.45) is 7.89. The summed E-state index contributed by atoms with van der Waals surface area (Å²) < 4.78 is 6.64. The van der Waals surface area contributed by atoms with Crippen LogP contribution < -0.4 is 14.5 Å². The quantitative estimate of drug-likeness (QED) is 0.327. The van der Waals surface area contributed by atoms with Crippen LogP contribution in [0.25, 0.3) is 10.8 Å². The number of anilines is 2. The Kier molecular flexibility index (Phi) is 8.19. The van der Waals surface area contributed by atoms with Crippen LogP contribution in [0, 0.1) is 23.7 Å². The highest BCUT2D eigenvalue weighted by Crippen LogP contribution is 2.50. The molecule has 0 N–H and O–H groups in total. The highest BCUT2D eigenvalue weighted by atomic mass is 16.5. The molecule has 0 spiro atoms. The fourth-order valence-corrected chi connectivity index (χ4v) is 7.18. The molecule has 2 fully saturated rings. The second-order valence-electron chi connectivity index (χ2n) is 12.9. The molecule has 2 unspecified atom stereocenters. The number of aryl methyl sites for hydroxylation is 1. The van der Waals surface area contributed by atoms with Crippen LogP contribution in [-0.2, 0) is 13.0 Å². The number of aromatic nitrogens is 2. The molecule has 3 aliphatic rings. The van der Waals surface area contributed by atoms with Gasteiger partial charge in [0, 0.05) is 54.8 Å². The van der Waals surface area contributed by atoms with E-state index in [1.54, 1.807) is 0 Å². The van der Waals surface area contributed by atoms with Crippen LogP contribution in [0.5, 0.6) is 6.01 Å². The van der Waals surface area contributed by atoms with Gasteiger partial charge >= 0.3 is 6.01 Å². The van der Waals surface area contributed by atoms with E-state index in [0.717, 1.165) is 50.7 Å². The van der Waals surface area contributed by atoms with Gasteiger partial charge in [0.25, 0.3) is 0 Å². The normalized spacial score (nSPS) is 20.4. The molecule has 0 radical (unpaired) electrons. The van der Waals surface area contributed by atoms with Crippen molar-refractivity contribution in [1.82, 2.24) is 19.8 Å². The Bertz CT molecular complexity index is 1530. The summed E-state index contributed by atoms with van der Waals surface area (Å²) >= 11 is 0.